The molecule has 4 nitrogen and oxygen atoms in total. The van der Waals surface area contributed by atoms with Gasteiger partial charge in [0.2, 0.25) is 0 Å². The largest absolute Gasteiger partial charge is 0.489 e. The highest BCUT2D eigenvalue weighted by Crippen LogP contribution is 2.23. The van der Waals surface area contributed by atoms with Crippen LogP contribution in [0.2, 0.25) is 0 Å². The predicted molar refractivity (Wildman–Crippen MR) is 104 cm³/mol. The van der Waals surface area contributed by atoms with Crippen LogP contribution < -0.4 is 10.1 Å². The van der Waals surface area contributed by atoms with Crippen molar-refractivity contribution in [2.45, 2.75) is 25.9 Å². The number of likely N-dealkylation sites (tertiary alicyclic amines) is 1. The molecule has 1 N–H and O–H groups in total. The van der Waals surface area contributed by atoms with E-state index in [1.807, 2.05) is 66.5 Å². The average Bonchev–Trinajstić information content (AvgIpc) is 2.71. The second kappa shape index (κ2) is 9.39. The first-order valence-electron chi connectivity index (χ1n) is 9.47. The smallest absolute Gasteiger partial charge is 0.254 e. The van der Waals surface area contributed by atoms with Crippen LogP contribution in [0.25, 0.3) is 0 Å². The van der Waals surface area contributed by atoms with Crippen LogP contribution in [-0.4, -0.2) is 37.5 Å². The van der Waals surface area contributed by atoms with E-state index in [0.29, 0.717) is 6.61 Å². The van der Waals surface area contributed by atoms with Crippen molar-refractivity contribution >= 4 is 5.91 Å². The van der Waals surface area contributed by atoms with Crippen molar-refractivity contribution in [2.75, 3.05) is 26.7 Å². The SMILES string of the molecule is CNCCC1CCN(C(=O)c2ccccc2COc2ccccc2)CC1. The van der Waals surface area contributed by atoms with Gasteiger partial charge >= 0.3 is 0 Å². The highest BCUT2D eigenvalue weighted by atomic mass is 16.5. The summed E-state index contributed by atoms with van der Waals surface area (Å²) in [7, 11) is 1.99. The third kappa shape index (κ3) is 4.85. The van der Waals surface area contributed by atoms with Crippen LogP contribution in [0.5, 0.6) is 5.75 Å². The van der Waals surface area contributed by atoms with Gasteiger partial charge in [0.15, 0.2) is 0 Å². The lowest BCUT2D eigenvalue weighted by Gasteiger charge is -2.32. The minimum absolute atomic E-state index is 0.129. The van der Waals surface area contributed by atoms with E-state index in [1.54, 1.807) is 0 Å². The van der Waals surface area contributed by atoms with Crippen LogP contribution in [0.1, 0.15) is 35.2 Å². The molecular weight excluding hydrogens is 324 g/mol. The van der Waals surface area contributed by atoms with Gasteiger partial charge in [-0.2, -0.15) is 0 Å². The summed E-state index contributed by atoms with van der Waals surface area (Å²) in [5.74, 6) is 1.67. The van der Waals surface area contributed by atoms with Gasteiger partial charge < -0.3 is 15.0 Å². The summed E-state index contributed by atoms with van der Waals surface area (Å²) < 4.78 is 5.85. The van der Waals surface area contributed by atoms with E-state index < -0.39 is 0 Å². The van der Waals surface area contributed by atoms with E-state index in [2.05, 4.69) is 5.32 Å². The standard InChI is InChI=1S/C22H28N2O2/c1-23-14-11-18-12-15-24(16-13-18)22(25)21-10-6-5-7-19(21)17-26-20-8-3-2-4-9-20/h2-10,18,23H,11-17H2,1H3. The molecule has 1 aliphatic heterocycles. The summed E-state index contributed by atoms with van der Waals surface area (Å²) in [4.78, 5) is 15.0. The highest BCUT2D eigenvalue weighted by Gasteiger charge is 2.24. The lowest BCUT2D eigenvalue weighted by molar-refractivity contribution is 0.0684. The van der Waals surface area contributed by atoms with Gasteiger partial charge in [0.1, 0.15) is 12.4 Å². The van der Waals surface area contributed by atoms with Crippen molar-refractivity contribution in [3.8, 4) is 5.75 Å². The maximum absolute atomic E-state index is 13.0. The molecule has 1 heterocycles. The Bertz CT molecular complexity index is 694. The number of hydrogen-bond donors (Lipinski definition) is 1. The molecule has 0 atom stereocenters. The second-order valence-corrected chi connectivity index (χ2v) is 6.89. The van der Waals surface area contributed by atoms with E-state index >= 15 is 0 Å². The van der Waals surface area contributed by atoms with Crippen LogP contribution >= 0.6 is 0 Å². The number of carbonyl (C=O) groups is 1. The van der Waals surface area contributed by atoms with Crippen molar-refractivity contribution < 1.29 is 9.53 Å². The molecule has 1 aliphatic rings. The normalized spacial score (nSPS) is 15.0. The number of carbonyl (C=O) groups excluding carboxylic acids is 1. The molecule has 0 radical (unpaired) electrons. The molecule has 1 saturated heterocycles. The topological polar surface area (TPSA) is 41.6 Å². The lowest BCUT2D eigenvalue weighted by Crippen LogP contribution is -2.39. The Morgan fingerprint density at radius 1 is 1.08 bits per heavy atom. The van der Waals surface area contributed by atoms with Gasteiger partial charge in [-0.3, -0.25) is 4.79 Å². The predicted octanol–water partition coefficient (Wildman–Crippen LogP) is 3.73. The molecule has 2 aromatic rings. The molecule has 3 rings (SSSR count). The van der Waals surface area contributed by atoms with E-state index in [0.717, 1.165) is 55.3 Å². The van der Waals surface area contributed by atoms with Gasteiger partial charge in [0, 0.05) is 24.2 Å². The number of benzene rings is 2. The molecule has 0 aliphatic carbocycles. The number of ether oxygens (including phenoxy) is 1. The van der Waals surface area contributed by atoms with Crippen molar-refractivity contribution in [1.29, 1.82) is 0 Å². The van der Waals surface area contributed by atoms with Crippen molar-refractivity contribution in [1.82, 2.24) is 10.2 Å². The van der Waals surface area contributed by atoms with Gasteiger partial charge in [-0.25, -0.2) is 0 Å². The molecule has 2 aromatic carbocycles. The lowest BCUT2D eigenvalue weighted by atomic mass is 9.93. The minimum Gasteiger partial charge on any atom is -0.489 e. The number of piperidine rings is 1. The molecule has 0 aromatic heterocycles. The van der Waals surface area contributed by atoms with Gasteiger partial charge in [-0.1, -0.05) is 36.4 Å². The fraction of sp³-hybridized carbons (Fsp3) is 0.409. The van der Waals surface area contributed by atoms with E-state index in [-0.39, 0.29) is 5.91 Å². The Kier molecular flexibility index (Phi) is 6.67. The van der Waals surface area contributed by atoms with Crippen molar-refractivity contribution in [3.63, 3.8) is 0 Å². The quantitative estimate of drug-likeness (QED) is 0.826. The molecule has 4 heteroatoms. The summed E-state index contributed by atoms with van der Waals surface area (Å²) in [6.45, 7) is 3.16. The zero-order valence-electron chi connectivity index (χ0n) is 15.5. The minimum atomic E-state index is 0.129. The molecule has 0 spiro atoms. The monoisotopic (exact) mass is 352 g/mol. The summed E-state index contributed by atoms with van der Waals surface area (Å²) in [5.41, 5.74) is 1.70. The molecule has 0 saturated carbocycles. The van der Waals surface area contributed by atoms with Gasteiger partial charge in [0.05, 0.1) is 0 Å². The fourth-order valence-corrected chi connectivity index (χ4v) is 3.48. The highest BCUT2D eigenvalue weighted by molar-refractivity contribution is 5.95. The third-order valence-corrected chi connectivity index (χ3v) is 5.09. The molecule has 26 heavy (non-hydrogen) atoms. The van der Waals surface area contributed by atoms with Crippen LogP contribution in [0.3, 0.4) is 0 Å². The number of hydrogen-bond acceptors (Lipinski definition) is 3. The first kappa shape index (κ1) is 18.5. The van der Waals surface area contributed by atoms with E-state index in [1.165, 1.54) is 6.42 Å². The molecule has 0 bridgehead atoms. The molecule has 1 fully saturated rings. The number of para-hydroxylation sites is 1. The Labute approximate surface area is 156 Å². The summed E-state index contributed by atoms with van der Waals surface area (Å²) >= 11 is 0. The van der Waals surface area contributed by atoms with Crippen molar-refractivity contribution in [3.05, 3.63) is 65.7 Å². The van der Waals surface area contributed by atoms with Crippen molar-refractivity contribution in [2.24, 2.45) is 5.92 Å². The van der Waals surface area contributed by atoms with Gasteiger partial charge in [-0.15, -0.1) is 0 Å². The number of nitrogens with zero attached hydrogens (tertiary/aromatic N) is 1. The maximum atomic E-state index is 13.0. The summed E-state index contributed by atoms with van der Waals surface area (Å²) in [5, 5.41) is 3.22. The average molecular weight is 352 g/mol. The third-order valence-electron chi connectivity index (χ3n) is 5.09. The van der Waals surface area contributed by atoms with Crippen LogP contribution in [0.4, 0.5) is 0 Å². The second-order valence-electron chi connectivity index (χ2n) is 6.89. The van der Waals surface area contributed by atoms with E-state index in [9.17, 15) is 4.79 Å². The molecule has 0 unspecified atom stereocenters. The van der Waals surface area contributed by atoms with E-state index in [4.69, 9.17) is 4.74 Å². The first-order chi connectivity index (χ1) is 12.8. The fourth-order valence-electron chi connectivity index (χ4n) is 3.48. The first-order valence-corrected chi connectivity index (χ1v) is 9.47. The molecular formula is C22H28N2O2. The zero-order valence-corrected chi connectivity index (χ0v) is 15.5. The van der Waals surface area contributed by atoms with Gasteiger partial charge in [0.25, 0.3) is 5.91 Å². The van der Waals surface area contributed by atoms with Gasteiger partial charge in [-0.05, 0) is 57.0 Å². The number of nitrogens with one attached hydrogen (secondary N) is 1. The van der Waals surface area contributed by atoms with Crippen LogP contribution in [0, 0.1) is 5.92 Å². The Hall–Kier alpha value is -2.33. The number of rotatable bonds is 7. The Balaban J connectivity index is 1.61. The summed E-state index contributed by atoms with van der Waals surface area (Å²) in [6.07, 6.45) is 3.38. The summed E-state index contributed by atoms with van der Waals surface area (Å²) in [6, 6.07) is 17.5. The van der Waals surface area contributed by atoms with Crippen LogP contribution in [0.15, 0.2) is 54.6 Å². The zero-order chi connectivity index (χ0) is 18.2. The maximum Gasteiger partial charge on any atom is 0.254 e. The molecule has 1 amide bonds. The Morgan fingerprint density at radius 2 is 1.77 bits per heavy atom. The molecule has 138 valence electrons. The van der Waals surface area contributed by atoms with Crippen LogP contribution in [-0.2, 0) is 6.61 Å². The Morgan fingerprint density at radius 3 is 2.50 bits per heavy atom. The number of amides is 1.